The highest BCUT2D eigenvalue weighted by atomic mass is 35.5. The number of fused-ring (bicyclic) bond motifs is 1. The van der Waals surface area contributed by atoms with Gasteiger partial charge in [0.15, 0.2) is 5.13 Å². The first kappa shape index (κ1) is 13.7. The zero-order valence-electron chi connectivity index (χ0n) is 10.6. The zero-order valence-corrected chi connectivity index (χ0v) is 12.9. The number of thiazole rings is 1. The van der Waals surface area contributed by atoms with E-state index >= 15 is 0 Å². The minimum absolute atomic E-state index is 0.665. The molecular weight excluding hydrogens is 311 g/mol. The molecule has 3 rings (SSSR count). The van der Waals surface area contributed by atoms with Crippen molar-refractivity contribution in [3.05, 3.63) is 58.1 Å². The molecule has 0 saturated carbocycles. The van der Waals surface area contributed by atoms with Gasteiger partial charge in [0, 0.05) is 16.6 Å². The van der Waals surface area contributed by atoms with Crippen LogP contribution in [0.25, 0.3) is 10.2 Å². The molecule has 0 aliphatic rings. The molecule has 5 heteroatoms. The number of hydrogen-bond donors (Lipinski definition) is 1. The standard InChI is InChI=1S/C15H12Cl2N2S/c16-11-6-5-10(12(17)9-11)7-8-18-15-19-13-3-1-2-4-14(13)20-15/h1-6,9H,7-8H2,(H,18,19). The topological polar surface area (TPSA) is 24.9 Å². The fourth-order valence-corrected chi connectivity index (χ4v) is 3.37. The summed E-state index contributed by atoms with van der Waals surface area (Å²) in [5.74, 6) is 0. The van der Waals surface area contributed by atoms with Crippen molar-refractivity contribution in [2.45, 2.75) is 6.42 Å². The summed E-state index contributed by atoms with van der Waals surface area (Å²) < 4.78 is 1.19. The maximum atomic E-state index is 6.15. The van der Waals surface area contributed by atoms with Crippen molar-refractivity contribution in [1.29, 1.82) is 0 Å². The number of nitrogens with one attached hydrogen (secondary N) is 1. The van der Waals surface area contributed by atoms with Crippen LogP contribution in [-0.4, -0.2) is 11.5 Å². The molecule has 0 aliphatic carbocycles. The number of nitrogens with zero attached hydrogens (tertiary/aromatic N) is 1. The summed E-state index contributed by atoms with van der Waals surface area (Å²) in [4.78, 5) is 4.53. The van der Waals surface area contributed by atoms with Crippen LogP contribution >= 0.6 is 34.5 Å². The third-order valence-corrected chi connectivity index (χ3v) is 4.56. The van der Waals surface area contributed by atoms with Crippen molar-refractivity contribution in [2.24, 2.45) is 0 Å². The first-order valence-electron chi connectivity index (χ1n) is 6.26. The molecular formula is C15H12Cl2N2S. The Morgan fingerprint density at radius 1 is 1.10 bits per heavy atom. The van der Waals surface area contributed by atoms with Gasteiger partial charge >= 0.3 is 0 Å². The molecule has 0 unspecified atom stereocenters. The number of aromatic nitrogens is 1. The van der Waals surface area contributed by atoms with Crippen LogP contribution in [0.15, 0.2) is 42.5 Å². The van der Waals surface area contributed by atoms with Crippen LogP contribution < -0.4 is 5.32 Å². The van der Waals surface area contributed by atoms with Crippen LogP contribution in [0.3, 0.4) is 0 Å². The van der Waals surface area contributed by atoms with E-state index in [4.69, 9.17) is 23.2 Å². The molecule has 1 aromatic heterocycles. The minimum Gasteiger partial charge on any atom is -0.361 e. The van der Waals surface area contributed by atoms with Crippen molar-refractivity contribution in [3.8, 4) is 0 Å². The minimum atomic E-state index is 0.665. The Bertz CT molecular complexity index is 707. The van der Waals surface area contributed by atoms with Gasteiger partial charge < -0.3 is 5.32 Å². The zero-order chi connectivity index (χ0) is 13.9. The van der Waals surface area contributed by atoms with Gasteiger partial charge in [0.25, 0.3) is 0 Å². The second-order valence-electron chi connectivity index (χ2n) is 4.40. The molecule has 2 nitrogen and oxygen atoms in total. The van der Waals surface area contributed by atoms with Crippen molar-refractivity contribution >= 4 is 49.9 Å². The molecule has 20 heavy (non-hydrogen) atoms. The summed E-state index contributed by atoms with van der Waals surface area (Å²) in [6, 6.07) is 13.7. The van der Waals surface area contributed by atoms with E-state index in [1.807, 2.05) is 30.3 Å². The number of anilines is 1. The van der Waals surface area contributed by atoms with Crippen molar-refractivity contribution in [3.63, 3.8) is 0 Å². The monoisotopic (exact) mass is 322 g/mol. The molecule has 3 aromatic rings. The first-order valence-corrected chi connectivity index (χ1v) is 7.83. The Balaban J connectivity index is 1.64. The highest BCUT2D eigenvalue weighted by Crippen LogP contribution is 2.26. The van der Waals surface area contributed by atoms with Crippen LogP contribution in [0.1, 0.15) is 5.56 Å². The molecule has 0 amide bonds. The average Bonchev–Trinajstić information content (AvgIpc) is 2.84. The Kier molecular flexibility index (Phi) is 4.10. The maximum Gasteiger partial charge on any atom is 0.183 e. The normalized spacial score (nSPS) is 10.9. The SMILES string of the molecule is Clc1ccc(CCNc2nc3ccccc3s2)c(Cl)c1. The third-order valence-electron chi connectivity index (χ3n) is 2.98. The number of halogens is 2. The Morgan fingerprint density at radius 3 is 2.75 bits per heavy atom. The molecule has 0 fully saturated rings. The van der Waals surface area contributed by atoms with Crippen molar-refractivity contribution < 1.29 is 0 Å². The van der Waals surface area contributed by atoms with E-state index in [0.717, 1.165) is 29.2 Å². The van der Waals surface area contributed by atoms with E-state index in [0.29, 0.717) is 10.0 Å². The van der Waals surface area contributed by atoms with Crippen LogP contribution in [0.4, 0.5) is 5.13 Å². The van der Waals surface area contributed by atoms with E-state index in [1.165, 1.54) is 4.70 Å². The van der Waals surface area contributed by atoms with Gasteiger partial charge in [-0.15, -0.1) is 0 Å². The molecule has 0 radical (unpaired) electrons. The lowest BCUT2D eigenvalue weighted by molar-refractivity contribution is 1.02. The van der Waals surface area contributed by atoms with E-state index < -0.39 is 0 Å². The fourth-order valence-electron chi connectivity index (χ4n) is 1.98. The van der Waals surface area contributed by atoms with Crippen LogP contribution in [-0.2, 0) is 6.42 Å². The second-order valence-corrected chi connectivity index (χ2v) is 6.27. The van der Waals surface area contributed by atoms with E-state index in [-0.39, 0.29) is 0 Å². The van der Waals surface area contributed by atoms with Gasteiger partial charge in [-0.3, -0.25) is 0 Å². The predicted octanol–water partition coefficient (Wildman–Crippen LogP) is 5.26. The average molecular weight is 323 g/mol. The molecule has 0 aliphatic heterocycles. The van der Waals surface area contributed by atoms with Gasteiger partial charge in [0.1, 0.15) is 0 Å². The summed E-state index contributed by atoms with van der Waals surface area (Å²) >= 11 is 13.7. The number of hydrogen-bond acceptors (Lipinski definition) is 3. The molecule has 2 aromatic carbocycles. The van der Waals surface area contributed by atoms with E-state index in [1.54, 1.807) is 17.4 Å². The molecule has 1 N–H and O–H groups in total. The van der Waals surface area contributed by atoms with Gasteiger partial charge in [-0.05, 0) is 36.2 Å². The summed E-state index contributed by atoms with van der Waals surface area (Å²) in [6.07, 6.45) is 0.839. The smallest absolute Gasteiger partial charge is 0.183 e. The highest BCUT2D eigenvalue weighted by Gasteiger charge is 2.04. The van der Waals surface area contributed by atoms with Crippen LogP contribution in [0, 0.1) is 0 Å². The summed E-state index contributed by atoms with van der Waals surface area (Å²) in [7, 11) is 0. The Labute approximate surface area is 131 Å². The highest BCUT2D eigenvalue weighted by molar-refractivity contribution is 7.22. The molecule has 1 heterocycles. The lowest BCUT2D eigenvalue weighted by Crippen LogP contribution is -2.04. The van der Waals surface area contributed by atoms with E-state index in [9.17, 15) is 0 Å². The van der Waals surface area contributed by atoms with Gasteiger partial charge in [-0.25, -0.2) is 4.98 Å². The Hall–Kier alpha value is -1.29. The number of para-hydroxylation sites is 1. The summed E-state index contributed by atoms with van der Waals surface area (Å²) in [5.41, 5.74) is 2.12. The first-order chi connectivity index (χ1) is 9.72. The third kappa shape index (κ3) is 3.06. The predicted molar refractivity (Wildman–Crippen MR) is 88.3 cm³/mol. The van der Waals surface area contributed by atoms with Gasteiger partial charge in [-0.2, -0.15) is 0 Å². The van der Waals surface area contributed by atoms with Gasteiger partial charge in [0.05, 0.1) is 10.2 Å². The summed E-state index contributed by atoms with van der Waals surface area (Å²) in [6.45, 7) is 0.793. The van der Waals surface area contributed by atoms with Gasteiger partial charge in [0.2, 0.25) is 0 Å². The number of benzene rings is 2. The fraction of sp³-hybridized carbons (Fsp3) is 0.133. The quantitative estimate of drug-likeness (QED) is 0.708. The van der Waals surface area contributed by atoms with Gasteiger partial charge in [-0.1, -0.05) is 52.7 Å². The lowest BCUT2D eigenvalue weighted by Gasteiger charge is -2.05. The maximum absolute atomic E-state index is 6.15. The second kappa shape index (κ2) is 6.00. The summed E-state index contributed by atoms with van der Waals surface area (Å²) in [5, 5.41) is 5.66. The van der Waals surface area contributed by atoms with Crippen LogP contribution in [0.2, 0.25) is 10.0 Å². The molecule has 102 valence electrons. The lowest BCUT2D eigenvalue weighted by atomic mass is 10.1. The van der Waals surface area contributed by atoms with E-state index in [2.05, 4.69) is 16.4 Å². The Morgan fingerprint density at radius 2 is 1.95 bits per heavy atom. The van der Waals surface area contributed by atoms with Crippen molar-refractivity contribution in [1.82, 2.24) is 4.98 Å². The molecule has 0 atom stereocenters. The molecule has 0 saturated heterocycles. The molecule has 0 spiro atoms. The molecule has 0 bridgehead atoms. The number of rotatable bonds is 4. The van der Waals surface area contributed by atoms with Crippen molar-refractivity contribution in [2.75, 3.05) is 11.9 Å². The largest absolute Gasteiger partial charge is 0.361 e. The van der Waals surface area contributed by atoms with Crippen LogP contribution in [0.5, 0.6) is 0 Å².